The van der Waals surface area contributed by atoms with Crippen LogP contribution in [-0.4, -0.2) is 22.8 Å². The molecular formula is C16H20FN3S. The summed E-state index contributed by atoms with van der Waals surface area (Å²) in [5, 5.41) is 10.7. The summed E-state index contributed by atoms with van der Waals surface area (Å²) in [5.74, 6) is -0.198. The second-order valence-corrected chi connectivity index (χ2v) is 6.57. The fourth-order valence-electron chi connectivity index (χ4n) is 2.89. The summed E-state index contributed by atoms with van der Waals surface area (Å²) in [7, 11) is 0. The zero-order chi connectivity index (χ0) is 14.7. The Balaban J connectivity index is 1.72. The Morgan fingerprint density at radius 3 is 2.81 bits per heavy atom. The molecule has 0 spiro atoms. The lowest BCUT2D eigenvalue weighted by Crippen LogP contribution is -2.39. The molecule has 1 aromatic carbocycles. The summed E-state index contributed by atoms with van der Waals surface area (Å²) in [6.07, 6.45) is 5.69. The third-order valence-corrected chi connectivity index (χ3v) is 5.03. The van der Waals surface area contributed by atoms with E-state index >= 15 is 0 Å². The van der Waals surface area contributed by atoms with Gasteiger partial charge in [0.25, 0.3) is 0 Å². The van der Waals surface area contributed by atoms with E-state index in [1.807, 2.05) is 12.1 Å². The Bertz CT molecular complexity index is 581. The SMILES string of the molecule is CCC1CCCCN1c1nnc(Cc2ccc(F)cc2)s1. The van der Waals surface area contributed by atoms with E-state index in [1.165, 1.54) is 31.4 Å². The highest BCUT2D eigenvalue weighted by atomic mass is 32.1. The molecule has 0 amide bonds. The van der Waals surface area contributed by atoms with Crippen molar-refractivity contribution in [2.45, 2.75) is 45.1 Å². The molecule has 21 heavy (non-hydrogen) atoms. The summed E-state index contributed by atoms with van der Waals surface area (Å²) in [6.45, 7) is 3.33. The molecule has 3 nitrogen and oxygen atoms in total. The Hall–Kier alpha value is -1.49. The molecule has 1 atom stereocenters. The Morgan fingerprint density at radius 2 is 2.05 bits per heavy atom. The van der Waals surface area contributed by atoms with Crippen molar-refractivity contribution in [2.24, 2.45) is 0 Å². The van der Waals surface area contributed by atoms with Gasteiger partial charge in [-0.3, -0.25) is 0 Å². The first-order chi connectivity index (χ1) is 10.3. The highest BCUT2D eigenvalue weighted by Gasteiger charge is 2.23. The quantitative estimate of drug-likeness (QED) is 0.853. The van der Waals surface area contributed by atoms with Crippen LogP contribution in [0.2, 0.25) is 0 Å². The normalized spacial score (nSPS) is 19.0. The zero-order valence-corrected chi connectivity index (χ0v) is 13.1. The third kappa shape index (κ3) is 3.40. The van der Waals surface area contributed by atoms with Gasteiger partial charge in [-0.25, -0.2) is 4.39 Å². The molecular weight excluding hydrogens is 285 g/mol. The molecule has 0 bridgehead atoms. The van der Waals surface area contributed by atoms with Crippen LogP contribution in [0.5, 0.6) is 0 Å². The average Bonchev–Trinajstić information content (AvgIpc) is 2.98. The van der Waals surface area contributed by atoms with Gasteiger partial charge in [-0.2, -0.15) is 0 Å². The number of benzene rings is 1. The molecule has 0 N–H and O–H groups in total. The van der Waals surface area contributed by atoms with Crippen molar-refractivity contribution >= 4 is 16.5 Å². The van der Waals surface area contributed by atoms with E-state index in [2.05, 4.69) is 22.0 Å². The molecule has 0 saturated carbocycles. The van der Waals surface area contributed by atoms with Gasteiger partial charge in [0.05, 0.1) is 0 Å². The molecule has 1 saturated heterocycles. The van der Waals surface area contributed by atoms with E-state index in [0.717, 1.165) is 35.1 Å². The number of hydrogen-bond acceptors (Lipinski definition) is 4. The largest absolute Gasteiger partial charge is 0.344 e. The van der Waals surface area contributed by atoms with Gasteiger partial charge < -0.3 is 4.90 Å². The van der Waals surface area contributed by atoms with Crippen LogP contribution in [0.4, 0.5) is 9.52 Å². The molecule has 1 unspecified atom stereocenters. The number of halogens is 1. The molecule has 5 heteroatoms. The van der Waals surface area contributed by atoms with Gasteiger partial charge in [0.2, 0.25) is 5.13 Å². The lowest BCUT2D eigenvalue weighted by atomic mass is 10.0. The van der Waals surface area contributed by atoms with Crippen molar-refractivity contribution in [3.8, 4) is 0 Å². The van der Waals surface area contributed by atoms with Crippen LogP contribution >= 0.6 is 11.3 Å². The maximum Gasteiger partial charge on any atom is 0.208 e. The van der Waals surface area contributed by atoms with Crippen LogP contribution in [0, 0.1) is 5.82 Å². The van der Waals surface area contributed by atoms with E-state index < -0.39 is 0 Å². The van der Waals surface area contributed by atoms with E-state index in [9.17, 15) is 4.39 Å². The Labute approximate surface area is 128 Å². The topological polar surface area (TPSA) is 29.0 Å². The lowest BCUT2D eigenvalue weighted by molar-refractivity contribution is 0.448. The second-order valence-electron chi connectivity index (χ2n) is 5.53. The Morgan fingerprint density at radius 1 is 1.24 bits per heavy atom. The Kier molecular flexibility index (Phi) is 4.48. The minimum Gasteiger partial charge on any atom is -0.344 e. The number of hydrogen-bond donors (Lipinski definition) is 0. The summed E-state index contributed by atoms with van der Waals surface area (Å²) < 4.78 is 12.9. The summed E-state index contributed by atoms with van der Waals surface area (Å²) in [4.78, 5) is 2.41. The van der Waals surface area contributed by atoms with E-state index in [1.54, 1.807) is 11.3 Å². The molecule has 112 valence electrons. The summed E-state index contributed by atoms with van der Waals surface area (Å²) >= 11 is 1.67. The fraction of sp³-hybridized carbons (Fsp3) is 0.500. The average molecular weight is 305 g/mol. The monoisotopic (exact) mass is 305 g/mol. The number of aromatic nitrogens is 2. The van der Waals surface area contributed by atoms with Crippen molar-refractivity contribution in [1.29, 1.82) is 0 Å². The predicted octanol–water partition coefficient (Wildman–Crippen LogP) is 4.04. The van der Waals surface area contributed by atoms with Crippen molar-refractivity contribution in [2.75, 3.05) is 11.4 Å². The first-order valence-corrected chi connectivity index (χ1v) is 8.41. The molecule has 0 aliphatic carbocycles. The van der Waals surface area contributed by atoms with Gasteiger partial charge >= 0.3 is 0 Å². The number of nitrogens with zero attached hydrogens (tertiary/aromatic N) is 3. The van der Waals surface area contributed by atoms with E-state index in [4.69, 9.17) is 0 Å². The molecule has 2 aromatic rings. The maximum absolute atomic E-state index is 12.9. The molecule has 1 aliphatic heterocycles. The van der Waals surface area contributed by atoms with Crippen molar-refractivity contribution in [3.05, 3.63) is 40.7 Å². The second kappa shape index (κ2) is 6.52. The summed E-state index contributed by atoms with van der Waals surface area (Å²) in [6, 6.07) is 7.22. The number of anilines is 1. The highest BCUT2D eigenvalue weighted by molar-refractivity contribution is 7.15. The number of piperidine rings is 1. The van der Waals surface area contributed by atoms with E-state index in [0.29, 0.717) is 6.04 Å². The van der Waals surface area contributed by atoms with Gasteiger partial charge in [-0.1, -0.05) is 30.4 Å². The lowest BCUT2D eigenvalue weighted by Gasteiger charge is -2.34. The van der Waals surface area contributed by atoms with Gasteiger partial charge in [0.15, 0.2) is 0 Å². The molecule has 1 aromatic heterocycles. The first kappa shape index (κ1) is 14.4. The zero-order valence-electron chi connectivity index (χ0n) is 12.3. The van der Waals surface area contributed by atoms with Gasteiger partial charge in [-0.05, 0) is 43.4 Å². The van der Waals surface area contributed by atoms with Gasteiger partial charge in [0, 0.05) is 19.0 Å². The standard InChI is InChI=1S/C16H20FN3S/c1-2-14-5-3-4-10-20(14)16-19-18-15(21-16)11-12-6-8-13(17)9-7-12/h6-9,14H,2-5,10-11H2,1H3. The van der Waals surface area contributed by atoms with Crippen LogP contribution in [0.1, 0.15) is 43.2 Å². The van der Waals surface area contributed by atoms with Crippen LogP contribution in [0.25, 0.3) is 0 Å². The van der Waals surface area contributed by atoms with Crippen LogP contribution in [-0.2, 0) is 6.42 Å². The molecule has 3 rings (SSSR count). The van der Waals surface area contributed by atoms with Crippen LogP contribution in [0.3, 0.4) is 0 Å². The summed E-state index contributed by atoms with van der Waals surface area (Å²) in [5.41, 5.74) is 1.07. The van der Waals surface area contributed by atoms with E-state index in [-0.39, 0.29) is 5.82 Å². The number of rotatable bonds is 4. The molecule has 0 radical (unpaired) electrons. The van der Waals surface area contributed by atoms with Crippen LogP contribution in [0.15, 0.2) is 24.3 Å². The highest BCUT2D eigenvalue weighted by Crippen LogP contribution is 2.29. The predicted molar refractivity (Wildman–Crippen MR) is 84.4 cm³/mol. The molecule has 1 aliphatic rings. The molecule has 2 heterocycles. The molecule has 1 fully saturated rings. The van der Waals surface area contributed by atoms with Crippen molar-refractivity contribution in [1.82, 2.24) is 10.2 Å². The van der Waals surface area contributed by atoms with Crippen LogP contribution < -0.4 is 4.90 Å². The first-order valence-electron chi connectivity index (χ1n) is 7.59. The van der Waals surface area contributed by atoms with Gasteiger partial charge in [0.1, 0.15) is 10.8 Å². The maximum atomic E-state index is 12.9. The van der Waals surface area contributed by atoms with Gasteiger partial charge in [-0.15, -0.1) is 10.2 Å². The third-order valence-electron chi connectivity index (χ3n) is 4.07. The minimum atomic E-state index is -0.198. The van der Waals surface area contributed by atoms with Crippen molar-refractivity contribution < 1.29 is 4.39 Å². The van der Waals surface area contributed by atoms with Crippen molar-refractivity contribution in [3.63, 3.8) is 0 Å². The minimum absolute atomic E-state index is 0.198. The fourth-order valence-corrected chi connectivity index (χ4v) is 3.86. The smallest absolute Gasteiger partial charge is 0.208 e.